The Morgan fingerprint density at radius 2 is 2.05 bits per heavy atom. The average molecular weight is 297 g/mol. The maximum atomic E-state index is 9.51. The van der Waals surface area contributed by atoms with Gasteiger partial charge in [0.15, 0.2) is 0 Å². The van der Waals surface area contributed by atoms with Crippen molar-refractivity contribution in [2.45, 2.75) is 40.2 Å². The van der Waals surface area contributed by atoms with Gasteiger partial charge in [-0.05, 0) is 45.7 Å². The van der Waals surface area contributed by atoms with Gasteiger partial charge < -0.3 is 5.11 Å². The van der Waals surface area contributed by atoms with Crippen LogP contribution in [0.4, 0.5) is 0 Å². The monoisotopic (exact) mass is 297 g/mol. The SMILES string of the molecule is CC(C)=CCC/C(C)=C\Cn1cc(-c2cccc(O)c2)nn1. The van der Waals surface area contributed by atoms with Crippen molar-refractivity contribution in [1.29, 1.82) is 0 Å². The highest BCUT2D eigenvalue weighted by atomic mass is 16.3. The number of phenolic OH excluding ortho intramolecular Hbond substituents is 1. The summed E-state index contributed by atoms with van der Waals surface area (Å²) in [6.45, 7) is 7.10. The van der Waals surface area contributed by atoms with Gasteiger partial charge in [-0.3, -0.25) is 0 Å². The largest absolute Gasteiger partial charge is 0.508 e. The molecule has 0 unspecified atom stereocenters. The van der Waals surface area contributed by atoms with Crippen molar-refractivity contribution in [2.24, 2.45) is 0 Å². The first-order valence-electron chi connectivity index (χ1n) is 7.53. The van der Waals surface area contributed by atoms with Crippen LogP contribution in [0.2, 0.25) is 0 Å². The summed E-state index contributed by atoms with van der Waals surface area (Å²) in [4.78, 5) is 0. The van der Waals surface area contributed by atoms with Gasteiger partial charge in [-0.2, -0.15) is 0 Å². The lowest BCUT2D eigenvalue weighted by Crippen LogP contribution is -1.96. The summed E-state index contributed by atoms with van der Waals surface area (Å²) in [5.74, 6) is 0.238. The van der Waals surface area contributed by atoms with Gasteiger partial charge in [0.2, 0.25) is 0 Å². The fraction of sp³-hybridized carbons (Fsp3) is 0.333. The number of rotatable bonds is 6. The first-order chi connectivity index (χ1) is 10.5. The third-order valence-electron chi connectivity index (χ3n) is 3.40. The molecule has 116 valence electrons. The summed E-state index contributed by atoms with van der Waals surface area (Å²) < 4.78 is 1.81. The van der Waals surface area contributed by atoms with Crippen molar-refractivity contribution in [2.75, 3.05) is 0 Å². The maximum absolute atomic E-state index is 9.51. The molecule has 0 aliphatic rings. The minimum Gasteiger partial charge on any atom is -0.508 e. The number of aromatic nitrogens is 3. The number of nitrogens with zero attached hydrogens (tertiary/aromatic N) is 3. The van der Waals surface area contributed by atoms with E-state index in [-0.39, 0.29) is 5.75 Å². The van der Waals surface area contributed by atoms with Gasteiger partial charge in [0.25, 0.3) is 0 Å². The van der Waals surface area contributed by atoms with Crippen molar-refractivity contribution < 1.29 is 5.11 Å². The van der Waals surface area contributed by atoms with Gasteiger partial charge in [0.05, 0.1) is 12.7 Å². The van der Waals surface area contributed by atoms with Crippen molar-refractivity contribution >= 4 is 0 Å². The first-order valence-corrected chi connectivity index (χ1v) is 7.53. The average Bonchev–Trinajstić information content (AvgIpc) is 2.93. The Bertz CT molecular complexity index is 679. The third kappa shape index (κ3) is 4.88. The Morgan fingerprint density at radius 1 is 1.23 bits per heavy atom. The van der Waals surface area contributed by atoms with Crippen LogP contribution in [0.1, 0.15) is 33.6 Å². The molecular formula is C18H23N3O. The summed E-state index contributed by atoms with van der Waals surface area (Å²) >= 11 is 0. The van der Waals surface area contributed by atoms with E-state index in [1.165, 1.54) is 11.1 Å². The molecule has 22 heavy (non-hydrogen) atoms. The number of aromatic hydroxyl groups is 1. The molecule has 4 heteroatoms. The highest BCUT2D eigenvalue weighted by Gasteiger charge is 2.03. The molecule has 0 saturated heterocycles. The highest BCUT2D eigenvalue weighted by Crippen LogP contribution is 2.20. The van der Waals surface area contributed by atoms with Crippen LogP contribution >= 0.6 is 0 Å². The molecule has 4 nitrogen and oxygen atoms in total. The van der Waals surface area contributed by atoms with Gasteiger partial charge in [-0.15, -0.1) is 5.10 Å². The van der Waals surface area contributed by atoms with Gasteiger partial charge in [-0.1, -0.05) is 40.6 Å². The van der Waals surface area contributed by atoms with E-state index in [0.717, 1.165) is 24.1 Å². The fourth-order valence-electron chi connectivity index (χ4n) is 2.13. The summed E-state index contributed by atoms with van der Waals surface area (Å²) in [7, 11) is 0. The smallest absolute Gasteiger partial charge is 0.116 e. The molecule has 2 aromatic rings. The molecule has 0 saturated carbocycles. The molecule has 0 aliphatic heterocycles. The minimum atomic E-state index is 0.238. The number of hydrogen-bond acceptors (Lipinski definition) is 3. The van der Waals surface area contributed by atoms with Crippen LogP contribution in [0, 0.1) is 0 Å². The van der Waals surface area contributed by atoms with Gasteiger partial charge >= 0.3 is 0 Å². The molecule has 0 fully saturated rings. The van der Waals surface area contributed by atoms with Crippen molar-refractivity contribution in [3.63, 3.8) is 0 Å². The molecule has 0 amide bonds. The standard InChI is InChI=1S/C18H23N3O/c1-14(2)6-4-7-15(3)10-11-21-13-18(19-20-21)16-8-5-9-17(22)12-16/h5-6,8-10,12-13,22H,4,7,11H2,1-3H3/b15-10-. The van der Waals surface area contributed by atoms with Crippen LogP contribution < -0.4 is 0 Å². The molecule has 0 atom stereocenters. The predicted octanol–water partition coefficient (Wildman–Crippen LogP) is 4.34. The molecule has 1 N–H and O–H groups in total. The summed E-state index contributed by atoms with van der Waals surface area (Å²) in [6, 6.07) is 7.05. The highest BCUT2D eigenvalue weighted by molar-refractivity contribution is 5.59. The molecule has 0 bridgehead atoms. The van der Waals surface area contributed by atoms with Gasteiger partial charge in [0.1, 0.15) is 11.4 Å². The quantitative estimate of drug-likeness (QED) is 0.807. The Balaban J connectivity index is 1.96. The molecule has 2 rings (SSSR count). The van der Waals surface area contributed by atoms with Crippen molar-refractivity contribution in [3.05, 3.63) is 53.8 Å². The zero-order valence-electron chi connectivity index (χ0n) is 13.5. The lowest BCUT2D eigenvalue weighted by molar-refractivity contribution is 0.475. The lowest BCUT2D eigenvalue weighted by atomic mass is 10.1. The van der Waals surface area contributed by atoms with E-state index in [1.54, 1.807) is 18.2 Å². The van der Waals surface area contributed by atoms with E-state index < -0.39 is 0 Å². The first kappa shape index (κ1) is 16.0. The second-order valence-corrected chi connectivity index (χ2v) is 5.75. The minimum absolute atomic E-state index is 0.238. The molecular weight excluding hydrogens is 274 g/mol. The van der Waals surface area contributed by atoms with E-state index in [2.05, 4.69) is 43.2 Å². The summed E-state index contributed by atoms with van der Waals surface area (Å²) in [6.07, 6.45) is 8.48. The molecule has 1 heterocycles. The van der Waals surface area contributed by atoms with Gasteiger partial charge in [0, 0.05) is 5.56 Å². The summed E-state index contributed by atoms with van der Waals surface area (Å²) in [5.41, 5.74) is 4.36. The van der Waals surface area contributed by atoms with Crippen LogP contribution in [0.15, 0.2) is 53.8 Å². The number of phenols is 1. The zero-order valence-corrected chi connectivity index (χ0v) is 13.5. The number of benzene rings is 1. The van der Waals surface area contributed by atoms with E-state index in [0.29, 0.717) is 6.54 Å². The Morgan fingerprint density at radius 3 is 2.77 bits per heavy atom. The van der Waals surface area contributed by atoms with E-state index in [1.807, 2.05) is 16.9 Å². The molecule has 1 aromatic carbocycles. The maximum Gasteiger partial charge on any atom is 0.116 e. The Labute approximate surface area is 131 Å². The topological polar surface area (TPSA) is 50.9 Å². The number of hydrogen-bond donors (Lipinski definition) is 1. The lowest BCUT2D eigenvalue weighted by Gasteiger charge is -2.00. The van der Waals surface area contributed by atoms with E-state index in [4.69, 9.17) is 0 Å². The zero-order chi connectivity index (χ0) is 15.9. The summed E-state index contributed by atoms with van der Waals surface area (Å²) in [5, 5.41) is 17.8. The molecule has 0 spiro atoms. The van der Waals surface area contributed by atoms with Crippen molar-refractivity contribution in [3.8, 4) is 17.0 Å². The van der Waals surface area contributed by atoms with Crippen molar-refractivity contribution in [1.82, 2.24) is 15.0 Å². The molecule has 0 radical (unpaired) electrons. The van der Waals surface area contributed by atoms with Crippen LogP contribution in [0.5, 0.6) is 5.75 Å². The van der Waals surface area contributed by atoms with Crippen LogP contribution in [-0.4, -0.2) is 20.1 Å². The third-order valence-corrected chi connectivity index (χ3v) is 3.40. The van der Waals surface area contributed by atoms with Gasteiger partial charge in [-0.25, -0.2) is 4.68 Å². The van der Waals surface area contributed by atoms with Crippen LogP contribution in [0.3, 0.4) is 0 Å². The molecule has 0 aliphatic carbocycles. The second-order valence-electron chi connectivity index (χ2n) is 5.75. The normalized spacial score (nSPS) is 11.5. The van der Waals surface area contributed by atoms with E-state index >= 15 is 0 Å². The van der Waals surface area contributed by atoms with Crippen LogP contribution in [-0.2, 0) is 6.54 Å². The van der Waals surface area contributed by atoms with Crippen LogP contribution in [0.25, 0.3) is 11.3 Å². The Hall–Kier alpha value is -2.36. The van der Waals surface area contributed by atoms with E-state index in [9.17, 15) is 5.11 Å². The number of allylic oxidation sites excluding steroid dienone is 4. The second kappa shape index (κ2) is 7.59. The fourth-order valence-corrected chi connectivity index (χ4v) is 2.13. The molecule has 1 aromatic heterocycles. The predicted molar refractivity (Wildman–Crippen MR) is 89.5 cm³/mol. The Kier molecular flexibility index (Phi) is 5.53.